The lowest BCUT2D eigenvalue weighted by Gasteiger charge is -2.43. The predicted molar refractivity (Wildman–Crippen MR) is 74.1 cm³/mol. The topological polar surface area (TPSA) is 23.8 Å². The van der Waals surface area contributed by atoms with Crippen LogP contribution in [0.5, 0.6) is 0 Å². The second-order valence-electron chi connectivity index (χ2n) is 4.96. The lowest BCUT2D eigenvalue weighted by molar-refractivity contribution is 0.367. The summed E-state index contributed by atoms with van der Waals surface area (Å²) in [7, 11) is 0. The number of nitrogens with zero attached hydrogens (tertiary/aromatic N) is 1. The van der Waals surface area contributed by atoms with Gasteiger partial charge in [-0.05, 0) is 30.7 Å². The van der Waals surface area contributed by atoms with E-state index < -0.39 is 0 Å². The van der Waals surface area contributed by atoms with Crippen LogP contribution in [0, 0.1) is 11.3 Å². The highest BCUT2D eigenvalue weighted by atomic mass is 32.2. The molecule has 1 aromatic rings. The fourth-order valence-corrected chi connectivity index (χ4v) is 3.96. The van der Waals surface area contributed by atoms with Crippen LogP contribution in [0.1, 0.15) is 44.6 Å². The van der Waals surface area contributed by atoms with Crippen molar-refractivity contribution in [2.75, 3.05) is 0 Å². The van der Waals surface area contributed by atoms with Gasteiger partial charge in [0.2, 0.25) is 0 Å². The molecular formula is C15H19NS. The molecule has 1 aromatic carbocycles. The Morgan fingerprint density at radius 1 is 1.41 bits per heavy atom. The Kier molecular flexibility index (Phi) is 3.79. The second-order valence-corrected chi connectivity index (χ2v) is 6.78. The number of nitriles is 1. The lowest BCUT2D eigenvalue weighted by atomic mass is 9.71. The molecule has 0 radical (unpaired) electrons. The van der Waals surface area contributed by atoms with Crippen molar-refractivity contribution in [1.82, 2.24) is 0 Å². The third-order valence-corrected chi connectivity index (χ3v) is 5.24. The minimum Gasteiger partial charge on any atom is -0.197 e. The number of rotatable bonds is 4. The maximum Gasteiger partial charge on any atom is 0.104 e. The Hall–Kier alpha value is -0.940. The van der Waals surface area contributed by atoms with Gasteiger partial charge in [0.1, 0.15) is 4.75 Å². The monoisotopic (exact) mass is 245 g/mol. The third-order valence-electron chi connectivity index (χ3n) is 3.63. The highest BCUT2D eigenvalue weighted by molar-refractivity contribution is 8.01. The van der Waals surface area contributed by atoms with Gasteiger partial charge in [-0.25, -0.2) is 0 Å². The highest BCUT2D eigenvalue weighted by Gasteiger charge is 2.46. The SMILES string of the molecule is CCC(C)SC1(C#N)CC(c2ccccc2)C1. The van der Waals surface area contributed by atoms with E-state index in [1.807, 2.05) is 17.8 Å². The summed E-state index contributed by atoms with van der Waals surface area (Å²) in [6, 6.07) is 13.1. The summed E-state index contributed by atoms with van der Waals surface area (Å²) in [5, 5.41) is 9.96. The van der Waals surface area contributed by atoms with Gasteiger partial charge in [0.15, 0.2) is 0 Å². The van der Waals surface area contributed by atoms with Crippen LogP contribution in [0.3, 0.4) is 0 Å². The molecule has 0 N–H and O–H groups in total. The predicted octanol–water partition coefficient (Wildman–Crippen LogP) is 4.36. The van der Waals surface area contributed by atoms with Crippen molar-refractivity contribution in [2.24, 2.45) is 0 Å². The van der Waals surface area contributed by atoms with E-state index in [0.29, 0.717) is 11.2 Å². The molecule has 90 valence electrons. The van der Waals surface area contributed by atoms with E-state index in [1.54, 1.807) is 0 Å². The van der Waals surface area contributed by atoms with Crippen molar-refractivity contribution in [3.8, 4) is 6.07 Å². The zero-order valence-corrected chi connectivity index (χ0v) is 11.3. The van der Waals surface area contributed by atoms with E-state index in [9.17, 15) is 5.26 Å². The van der Waals surface area contributed by atoms with Gasteiger partial charge in [-0.3, -0.25) is 0 Å². The number of hydrogen-bond donors (Lipinski definition) is 0. The fraction of sp³-hybridized carbons (Fsp3) is 0.533. The van der Waals surface area contributed by atoms with Crippen LogP contribution in [0.4, 0.5) is 0 Å². The van der Waals surface area contributed by atoms with Crippen molar-refractivity contribution >= 4 is 11.8 Å². The van der Waals surface area contributed by atoms with Gasteiger partial charge >= 0.3 is 0 Å². The van der Waals surface area contributed by atoms with E-state index >= 15 is 0 Å². The van der Waals surface area contributed by atoms with Crippen LogP contribution >= 0.6 is 11.8 Å². The molecule has 1 unspecified atom stereocenters. The molecule has 1 saturated carbocycles. The summed E-state index contributed by atoms with van der Waals surface area (Å²) in [6.07, 6.45) is 3.18. The van der Waals surface area contributed by atoms with E-state index in [0.717, 1.165) is 19.3 Å². The zero-order chi connectivity index (χ0) is 12.3. The standard InChI is InChI=1S/C15H19NS/c1-3-12(2)17-15(11-16)9-14(10-15)13-7-5-4-6-8-13/h4-8,12,14H,3,9-10H2,1-2H3. The third kappa shape index (κ3) is 2.66. The maximum atomic E-state index is 9.37. The molecule has 0 saturated heterocycles. The summed E-state index contributed by atoms with van der Waals surface area (Å²) in [5.41, 5.74) is 1.39. The highest BCUT2D eigenvalue weighted by Crippen LogP contribution is 2.53. The van der Waals surface area contributed by atoms with Gasteiger partial charge in [-0.15, -0.1) is 11.8 Å². The Morgan fingerprint density at radius 3 is 2.59 bits per heavy atom. The lowest BCUT2D eigenvalue weighted by Crippen LogP contribution is -2.39. The minimum atomic E-state index is -0.115. The molecule has 1 nitrogen and oxygen atoms in total. The van der Waals surface area contributed by atoms with E-state index in [2.05, 4.69) is 44.2 Å². The van der Waals surface area contributed by atoms with Crippen LogP contribution in [-0.4, -0.2) is 10.00 Å². The molecule has 1 fully saturated rings. The first-order chi connectivity index (χ1) is 8.19. The minimum absolute atomic E-state index is 0.115. The second kappa shape index (κ2) is 5.14. The summed E-state index contributed by atoms with van der Waals surface area (Å²) >= 11 is 1.87. The van der Waals surface area contributed by atoms with Crippen molar-refractivity contribution in [2.45, 2.75) is 49.0 Å². The first-order valence-corrected chi connectivity index (χ1v) is 7.21. The normalized spacial score (nSPS) is 29.1. The molecule has 17 heavy (non-hydrogen) atoms. The first-order valence-electron chi connectivity index (χ1n) is 6.33. The van der Waals surface area contributed by atoms with Crippen LogP contribution in [0.2, 0.25) is 0 Å². The molecule has 0 aliphatic heterocycles. The Morgan fingerprint density at radius 2 is 2.06 bits per heavy atom. The first kappa shape index (κ1) is 12.5. The van der Waals surface area contributed by atoms with Crippen LogP contribution in [-0.2, 0) is 0 Å². The molecule has 1 aliphatic carbocycles. The van der Waals surface area contributed by atoms with Crippen LogP contribution in [0.15, 0.2) is 30.3 Å². The summed E-state index contributed by atoms with van der Waals surface area (Å²) in [6.45, 7) is 4.41. The Bertz CT molecular complexity index is 401. The van der Waals surface area contributed by atoms with Crippen molar-refractivity contribution in [3.05, 3.63) is 35.9 Å². The molecule has 0 bridgehead atoms. The molecule has 0 aromatic heterocycles. The van der Waals surface area contributed by atoms with Gasteiger partial charge < -0.3 is 0 Å². The number of thioether (sulfide) groups is 1. The number of hydrogen-bond acceptors (Lipinski definition) is 2. The Balaban J connectivity index is 1.98. The largest absolute Gasteiger partial charge is 0.197 e. The molecule has 1 atom stereocenters. The van der Waals surface area contributed by atoms with Crippen molar-refractivity contribution < 1.29 is 0 Å². The van der Waals surface area contributed by atoms with Gasteiger partial charge in [-0.1, -0.05) is 44.2 Å². The average Bonchev–Trinajstić information content (AvgIpc) is 2.34. The van der Waals surface area contributed by atoms with Crippen LogP contribution in [0.25, 0.3) is 0 Å². The van der Waals surface area contributed by atoms with E-state index in [1.165, 1.54) is 5.56 Å². The molecule has 0 heterocycles. The van der Waals surface area contributed by atoms with E-state index in [-0.39, 0.29) is 4.75 Å². The smallest absolute Gasteiger partial charge is 0.104 e. The summed E-state index contributed by atoms with van der Waals surface area (Å²) < 4.78 is -0.115. The molecule has 2 heteroatoms. The Labute approximate surface area is 108 Å². The summed E-state index contributed by atoms with van der Waals surface area (Å²) in [4.78, 5) is 0. The fourth-order valence-electron chi connectivity index (χ4n) is 2.38. The molecule has 1 aliphatic rings. The van der Waals surface area contributed by atoms with Gasteiger partial charge in [0, 0.05) is 5.25 Å². The quantitative estimate of drug-likeness (QED) is 0.787. The maximum absolute atomic E-state index is 9.37. The van der Waals surface area contributed by atoms with Crippen molar-refractivity contribution in [1.29, 1.82) is 5.26 Å². The van der Waals surface area contributed by atoms with E-state index in [4.69, 9.17) is 0 Å². The van der Waals surface area contributed by atoms with Gasteiger partial charge in [-0.2, -0.15) is 5.26 Å². The molecular weight excluding hydrogens is 226 g/mol. The molecule has 0 amide bonds. The van der Waals surface area contributed by atoms with Crippen LogP contribution < -0.4 is 0 Å². The average molecular weight is 245 g/mol. The molecule has 0 spiro atoms. The van der Waals surface area contributed by atoms with Gasteiger partial charge in [0.25, 0.3) is 0 Å². The summed E-state index contributed by atoms with van der Waals surface area (Å²) in [5.74, 6) is 0.590. The van der Waals surface area contributed by atoms with Gasteiger partial charge in [0.05, 0.1) is 6.07 Å². The zero-order valence-electron chi connectivity index (χ0n) is 10.5. The number of benzene rings is 1. The van der Waals surface area contributed by atoms with Crippen molar-refractivity contribution in [3.63, 3.8) is 0 Å². The molecule has 2 rings (SSSR count).